The molecule has 1 atom stereocenters. The minimum absolute atomic E-state index is 0.151. The fourth-order valence-electron chi connectivity index (χ4n) is 2.32. The van der Waals surface area contributed by atoms with Gasteiger partial charge in [-0.05, 0) is 37.3 Å². The lowest BCUT2D eigenvalue weighted by molar-refractivity contribution is -0.133. The molecule has 18 heavy (non-hydrogen) atoms. The van der Waals surface area contributed by atoms with E-state index in [4.69, 9.17) is 4.74 Å². The molecule has 0 bridgehead atoms. The van der Waals surface area contributed by atoms with Crippen LogP contribution in [0.15, 0.2) is 42.0 Å². The molecule has 2 heteroatoms. The molecular formula is C16H20O2. The van der Waals surface area contributed by atoms with Gasteiger partial charge in [0.25, 0.3) is 0 Å². The zero-order valence-corrected chi connectivity index (χ0v) is 10.9. The zero-order valence-electron chi connectivity index (χ0n) is 10.9. The molecule has 0 amide bonds. The van der Waals surface area contributed by atoms with Crippen LogP contribution in [0.4, 0.5) is 0 Å². The van der Waals surface area contributed by atoms with Crippen molar-refractivity contribution < 1.29 is 9.53 Å². The highest BCUT2D eigenvalue weighted by atomic mass is 16.5. The molecule has 0 heterocycles. The summed E-state index contributed by atoms with van der Waals surface area (Å²) in [6.07, 6.45) is 7.27. The molecule has 0 fully saturated rings. The summed E-state index contributed by atoms with van der Waals surface area (Å²) in [5.41, 5.74) is 1.24. The van der Waals surface area contributed by atoms with Gasteiger partial charge in [-0.15, -0.1) is 0 Å². The minimum Gasteiger partial charge on any atom is -0.426 e. The fraction of sp³-hybridized carbons (Fsp3) is 0.438. The molecule has 1 aromatic carbocycles. The Morgan fingerprint density at radius 1 is 1.33 bits per heavy atom. The van der Waals surface area contributed by atoms with Gasteiger partial charge >= 0.3 is 5.97 Å². The van der Waals surface area contributed by atoms with Gasteiger partial charge in [0.15, 0.2) is 0 Å². The molecule has 1 aromatic rings. The Morgan fingerprint density at radius 3 is 2.72 bits per heavy atom. The molecule has 2 rings (SSSR count). The number of carbonyl (C=O) groups excluding carboxylic acids is 1. The highest BCUT2D eigenvalue weighted by molar-refractivity contribution is 5.75. The van der Waals surface area contributed by atoms with Crippen LogP contribution < -0.4 is 4.74 Å². The van der Waals surface area contributed by atoms with Crippen LogP contribution in [-0.4, -0.2) is 5.97 Å². The SMILES string of the molecule is CCC1CC=C(CC(=O)Oc2ccccc2)CC1. The molecular weight excluding hydrogens is 224 g/mol. The Balaban J connectivity index is 1.83. The molecule has 0 radical (unpaired) electrons. The first-order chi connectivity index (χ1) is 8.78. The average Bonchev–Trinajstić information content (AvgIpc) is 2.40. The molecule has 0 aromatic heterocycles. The molecule has 0 saturated carbocycles. The van der Waals surface area contributed by atoms with Gasteiger partial charge in [0.05, 0.1) is 6.42 Å². The molecule has 0 N–H and O–H groups in total. The quantitative estimate of drug-likeness (QED) is 0.452. The van der Waals surface area contributed by atoms with E-state index in [0.29, 0.717) is 12.2 Å². The third-order valence-electron chi connectivity index (χ3n) is 3.54. The summed E-state index contributed by atoms with van der Waals surface area (Å²) in [5, 5.41) is 0. The Morgan fingerprint density at radius 2 is 2.11 bits per heavy atom. The van der Waals surface area contributed by atoms with E-state index in [2.05, 4.69) is 13.0 Å². The van der Waals surface area contributed by atoms with Crippen molar-refractivity contribution in [3.05, 3.63) is 42.0 Å². The van der Waals surface area contributed by atoms with Crippen molar-refractivity contribution in [2.75, 3.05) is 0 Å². The predicted molar refractivity (Wildman–Crippen MR) is 72.4 cm³/mol. The van der Waals surface area contributed by atoms with Crippen LogP contribution in [-0.2, 0) is 4.79 Å². The maximum Gasteiger partial charge on any atom is 0.315 e. The highest BCUT2D eigenvalue weighted by Gasteiger charge is 2.15. The van der Waals surface area contributed by atoms with Crippen molar-refractivity contribution in [3.8, 4) is 5.75 Å². The second kappa shape index (κ2) is 6.39. The molecule has 96 valence electrons. The lowest BCUT2D eigenvalue weighted by Gasteiger charge is -2.20. The van der Waals surface area contributed by atoms with Gasteiger partial charge in [0.2, 0.25) is 0 Å². The first-order valence-corrected chi connectivity index (χ1v) is 6.71. The summed E-state index contributed by atoms with van der Waals surface area (Å²) in [6, 6.07) is 9.26. The number of allylic oxidation sites excluding steroid dienone is 1. The van der Waals surface area contributed by atoms with Crippen LogP contribution in [0.3, 0.4) is 0 Å². The van der Waals surface area contributed by atoms with Crippen molar-refractivity contribution >= 4 is 5.97 Å². The molecule has 2 nitrogen and oxygen atoms in total. The zero-order chi connectivity index (χ0) is 12.8. The van der Waals surface area contributed by atoms with Gasteiger partial charge in [0.1, 0.15) is 5.75 Å². The van der Waals surface area contributed by atoms with E-state index in [1.54, 1.807) is 12.1 Å². The third-order valence-corrected chi connectivity index (χ3v) is 3.54. The maximum absolute atomic E-state index is 11.8. The van der Waals surface area contributed by atoms with Crippen LogP contribution in [0.1, 0.15) is 39.0 Å². The van der Waals surface area contributed by atoms with E-state index in [1.165, 1.54) is 18.4 Å². The lowest BCUT2D eigenvalue weighted by Crippen LogP contribution is -2.12. The van der Waals surface area contributed by atoms with E-state index >= 15 is 0 Å². The van der Waals surface area contributed by atoms with E-state index in [0.717, 1.165) is 18.8 Å². The minimum atomic E-state index is -0.151. The Bertz CT molecular complexity index is 420. The van der Waals surface area contributed by atoms with Gasteiger partial charge in [-0.3, -0.25) is 4.79 Å². The van der Waals surface area contributed by atoms with Crippen LogP contribution in [0.5, 0.6) is 5.75 Å². The van der Waals surface area contributed by atoms with Gasteiger partial charge < -0.3 is 4.74 Å². The van der Waals surface area contributed by atoms with E-state index in [9.17, 15) is 4.79 Å². The van der Waals surface area contributed by atoms with E-state index < -0.39 is 0 Å². The average molecular weight is 244 g/mol. The van der Waals surface area contributed by atoms with Crippen LogP contribution in [0.25, 0.3) is 0 Å². The second-order valence-corrected chi connectivity index (χ2v) is 4.87. The van der Waals surface area contributed by atoms with Crippen molar-refractivity contribution in [3.63, 3.8) is 0 Å². The van der Waals surface area contributed by atoms with Gasteiger partial charge in [-0.1, -0.05) is 43.2 Å². The highest BCUT2D eigenvalue weighted by Crippen LogP contribution is 2.27. The number of benzene rings is 1. The van der Waals surface area contributed by atoms with Gasteiger partial charge in [-0.2, -0.15) is 0 Å². The lowest BCUT2D eigenvalue weighted by atomic mass is 9.87. The van der Waals surface area contributed by atoms with Crippen molar-refractivity contribution in [2.45, 2.75) is 39.0 Å². The van der Waals surface area contributed by atoms with Gasteiger partial charge in [-0.25, -0.2) is 0 Å². The molecule has 0 saturated heterocycles. The Hall–Kier alpha value is -1.57. The monoisotopic (exact) mass is 244 g/mol. The van der Waals surface area contributed by atoms with Crippen LogP contribution in [0, 0.1) is 5.92 Å². The predicted octanol–water partition coefficient (Wildman–Crippen LogP) is 4.12. The molecule has 0 aliphatic heterocycles. The van der Waals surface area contributed by atoms with E-state index in [-0.39, 0.29) is 5.97 Å². The van der Waals surface area contributed by atoms with Crippen LogP contribution >= 0.6 is 0 Å². The summed E-state index contributed by atoms with van der Waals surface area (Å²) in [6.45, 7) is 2.23. The Labute approximate surface area is 109 Å². The first-order valence-electron chi connectivity index (χ1n) is 6.71. The number of esters is 1. The molecule has 1 unspecified atom stereocenters. The summed E-state index contributed by atoms with van der Waals surface area (Å²) in [4.78, 5) is 11.8. The Kier molecular flexibility index (Phi) is 4.57. The second-order valence-electron chi connectivity index (χ2n) is 4.87. The normalized spacial score (nSPS) is 19.2. The number of rotatable bonds is 4. The number of para-hydroxylation sites is 1. The largest absolute Gasteiger partial charge is 0.426 e. The van der Waals surface area contributed by atoms with Crippen molar-refractivity contribution in [1.29, 1.82) is 0 Å². The summed E-state index contributed by atoms with van der Waals surface area (Å²) in [5.74, 6) is 1.28. The number of ether oxygens (including phenoxy) is 1. The summed E-state index contributed by atoms with van der Waals surface area (Å²) in [7, 11) is 0. The third kappa shape index (κ3) is 3.73. The fourth-order valence-corrected chi connectivity index (χ4v) is 2.32. The molecule has 0 spiro atoms. The maximum atomic E-state index is 11.8. The van der Waals surface area contributed by atoms with Crippen molar-refractivity contribution in [2.24, 2.45) is 5.92 Å². The van der Waals surface area contributed by atoms with Crippen LogP contribution in [0.2, 0.25) is 0 Å². The van der Waals surface area contributed by atoms with E-state index in [1.807, 2.05) is 18.2 Å². The number of hydrogen-bond donors (Lipinski definition) is 0. The summed E-state index contributed by atoms with van der Waals surface area (Å²) >= 11 is 0. The topological polar surface area (TPSA) is 26.3 Å². The molecule has 1 aliphatic carbocycles. The number of carbonyl (C=O) groups is 1. The molecule has 1 aliphatic rings. The smallest absolute Gasteiger partial charge is 0.315 e. The standard InChI is InChI=1S/C16H20O2/c1-2-13-8-10-14(11-9-13)12-16(17)18-15-6-4-3-5-7-15/h3-7,10,13H,2,8-9,11-12H2,1H3. The van der Waals surface area contributed by atoms with Gasteiger partial charge in [0, 0.05) is 0 Å². The van der Waals surface area contributed by atoms with Crippen molar-refractivity contribution in [1.82, 2.24) is 0 Å². The first kappa shape index (κ1) is 12.9. The summed E-state index contributed by atoms with van der Waals surface area (Å²) < 4.78 is 5.29. The number of hydrogen-bond acceptors (Lipinski definition) is 2.